The van der Waals surface area contributed by atoms with Crippen LogP contribution in [0.5, 0.6) is 0 Å². The fourth-order valence-corrected chi connectivity index (χ4v) is 4.91. The van der Waals surface area contributed by atoms with Crippen LogP contribution in [0.2, 0.25) is 0 Å². The number of amides is 2. The van der Waals surface area contributed by atoms with Crippen LogP contribution in [-0.4, -0.2) is 29.2 Å². The number of imide groups is 1. The number of pyridine rings is 1. The van der Waals surface area contributed by atoms with Crippen molar-refractivity contribution in [2.75, 3.05) is 4.90 Å². The number of carbonyl (C=O) groups is 2. The van der Waals surface area contributed by atoms with Crippen molar-refractivity contribution in [1.29, 1.82) is 0 Å². The highest BCUT2D eigenvalue weighted by atomic mass is 16.2. The smallest absolute Gasteiger partial charge is 0.259 e. The van der Waals surface area contributed by atoms with E-state index in [0.29, 0.717) is 17.2 Å². The molecular formula is C24H18N4O2. The third-order valence-electron chi connectivity index (χ3n) is 6.23. The number of carbonyl (C=O) groups excluding carboxylic acids is 2. The molecule has 1 aromatic heterocycles. The Morgan fingerprint density at radius 2 is 1.93 bits per heavy atom. The summed E-state index contributed by atoms with van der Waals surface area (Å²) >= 11 is 0. The average molecular weight is 394 g/mol. The summed E-state index contributed by atoms with van der Waals surface area (Å²) in [4.78, 5) is 37.0. The van der Waals surface area contributed by atoms with Crippen LogP contribution in [0.4, 0.5) is 5.69 Å². The molecule has 146 valence electrons. The van der Waals surface area contributed by atoms with E-state index in [4.69, 9.17) is 4.99 Å². The van der Waals surface area contributed by atoms with E-state index in [1.54, 1.807) is 12.4 Å². The number of aromatic nitrogens is 1. The number of benzene rings is 2. The van der Waals surface area contributed by atoms with Gasteiger partial charge in [0, 0.05) is 29.4 Å². The van der Waals surface area contributed by atoms with Gasteiger partial charge in [-0.1, -0.05) is 36.4 Å². The molecule has 2 unspecified atom stereocenters. The highest BCUT2D eigenvalue weighted by Gasteiger charge is 2.41. The van der Waals surface area contributed by atoms with E-state index in [1.165, 1.54) is 5.56 Å². The van der Waals surface area contributed by atoms with Crippen molar-refractivity contribution in [1.82, 2.24) is 10.3 Å². The SMILES string of the molecule is CC1Cc2cccc3c2N1C=NC3C1=C(c2cccc3cnccc23)C(=O)NC1=O. The molecule has 3 aliphatic rings. The van der Waals surface area contributed by atoms with Crippen molar-refractivity contribution < 1.29 is 9.59 Å². The quantitative estimate of drug-likeness (QED) is 0.678. The third kappa shape index (κ3) is 2.24. The van der Waals surface area contributed by atoms with Crippen molar-refractivity contribution in [3.63, 3.8) is 0 Å². The van der Waals surface area contributed by atoms with Gasteiger partial charge in [-0.2, -0.15) is 0 Å². The molecule has 2 atom stereocenters. The minimum atomic E-state index is -0.514. The second kappa shape index (κ2) is 6.10. The number of nitrogens with zero attached hydrogens (tertiary/aromatic N) is 3. The van der Waals surface area contributed by atoms with Gasteiger partial charge >= 0.3 is 0 Å². The molecule has 6 rings (SSSR count). The largest absolute Gasteiger partial charge is 0.329 e. The molecule has 30 heavy (non-hydrogen) atoms. The van der Waals surface area contributed by atoms with Crippen LogP contribution in [0.3, 0.4) is 0 Å². The average Bonchev–Trinajstić information content (AvgIpc) is 3.24. The zero-order valence-electron chi connectivity index (χ0n) is 16.3. The van der Waals surface area contributed by atoms with Gasteiger partial charge in [0.05, 0.1) is 23.2 Å². The van der Waals surface area contributed by atoms with E-state index in [9.17, 15) is 9.59 Å². The summed E-state index contributed by atoms with van der Waals surface area (Å²) in [6.07, 6.45) is 6.22. The van der Waals surface area contributed by atoms with E-state index in [0.717, 1.165) is 34.0 Å². The van der Waals surface area contributed by atoms with Gasteiger partial charge in [0.1, 0.15) is 6.04 Å². The summed E-state index contributed by atoms with van der Waals surface area (Å²) in [7, 11) is 0. The fraction of sp³-hybridized carbons (Fsp3) is 0.167. The van der Waals surface area contributed by atoms with Gasteiger partial charge in [-0.25, -0.2) is 0 Å². The predicted octanol–water partition coefficient (Wildman–Crippen LogP) is 3.18. The van der Waals surface area contributed by atoms with Crippen molar-refractivity contribution in [3.05, 3.63) is 77.1 Å². The topological polar surface area (TPSA) is 74.7 Å². The molecule has 0 saturated carbocycles. The van der Waals surface area contributed by atoms with Gasteiger partial charge in [-0.3, -0.25) is 24.9 Å². The van der Waals surface area contributed by atoms with E-state index >= 15 is 0 Å². The van der Waals surface area contributed by atoms with Crippen LogP contribution in [-0.2, 0) is 16.0 Å². The number of hydrogen-bond donors (Lipinski definition) is 1. The molecule has 0 fully saturated rings. The van der Waals surface area contributed by atoms with Crippen molar-refractivity contribution >= 4 is 40.2 Å². The maximum absolute atomic E-state index is 13.0. The van der Waals surface area contributed by atoms with Crippen molar-refractivity contribution in [3.8, 4) is 0 Å². The Labute approximate surface area is 172 Å². The summed E-state index contributed by atoms with van der Waals surface area (Å²) in [6, 6.07) is 13.5. The number of fused-ring (bicyclic) bond motifs is 1. The Kier molecular flexibility index (Phi) is 3.47. The molecule has 6 nitrogen and oxygen atoms in total. The second-order valence-electron chi connectivity index (χ2n) is 7.96. The van der Waals surface area contributed by atoms with Crippen molar-refractivity contribution in [2.45, 2.75) is 25.4 Å². The second-order valence-corrected chi connectivity index (χ2v) is 7.96. The lowest BCUT2D eigenvalue weighted by molar-refractivity contribution is -0.123. The van der Waals surface area contributed by atoms with Crippen LogP contribution in [0.15, 0.2) is 65.4 Å². The first-order valence-corrected chi connectivity index (χ1v) is 10.00. The Morgan fingerprint density at radius 1 is 1.07 bits per heavy atom. The zero-order chi connectivity index (χ0) is 20.4. The van der Waals surface area contributed by atoms with E-state index in [-0.39, 0.29) is 11.8 Å². The Bertz CT molecular complexity index is 1320. The molecule has 0 bridgehead atoms. The fourth-order valence-electron chi connectivity index (χ4n) is 4.91. The monoisotopic (exact) mass is 394 g/mol. The highest BCUT2D eigenvalue weighted by Crippen LogP contribution is 2.46. The number of rotatable bonds is 2. The molecule has 0 spiro atoms. The molecule has 0 aliphatic carbocycles. The molecular weight excluding hydrogens is 376 g/mol. The molecule has 1 N–H and O–H groups in total. The Hall–Kier alpha value is -3.80. The first kappa shape index (κ1) is 17.1. The molecule has 6 heteroatoms. The number of hydrogen-bond acceptors (Lipinski definition) is 5. The van der Waals surface area contributed by atoms with Crippen LogP contribution < -0.4 is 10.2 Å². The molecule has 2 aromatic carbocycles. The predicted molar refractivity (Wildman–Crippen MR) is 115 cm³/mol. The molecule has 4 heterocycles. The summed E-state index contributed by atoms with van der Waals surface area (Å²) in [6.45, 7) is 2.16. The lowest BCUT2D eigenvalue weighted by atomic mass is 9.89. The number of para-hydroxylation sites is 1. The van der Waals surface area contributed by atoms with Gasteiger partial charge in [0.25, 0.3) is 11.8 Å². The summed E-state index contributed by atoms with van der Waals surface area (Å²) in [5.41, 5.74) is 4.88. The lowest BCUT2D eigenvalue weighted by Gasteiger charge is -2.29. The third-order valence-corrected chi connectivity index (χ3v) is 6.23. The Morgan fingerprint density at radius 3 is 2.83 bits per heavy atom. The lowest BCUT2D eigenvalue weighted by Crippen LogP contribution is -2.32. The normalized spacial score (nSPS) is 22.1. The first-order valence-electron chi connectivity index (χ1n) is 10.00. The number of aliphatic imine (C=N–C) groups is 1. The zero-order valence-corrected chi connectivity index (χ0v) is 16.3. The molecule has 2 amide bonds. The minimum Gasteiger partial charge on any atom is -0.329 e. The van der Waals surface area contributed by atoms with Gasteiger partial charge in [0.2, 0.25) is 0 Å². The standard InChI is InChI=1S/C24H18N4O2/c1-13-10-14-4-2-7-18-21(26-12-28(13)22(14)18)20-19(23(29)27-24(20)30)17-6-3-5-15-11-25-9-8-16(15)17/h2-9,11-13,21H,10H2,1H3,(H,27,29,30). The first-order chi connectivity index (χ1) is 14.6. The van der Waals surface area contributed by atoms with Gasteiger partial charge < -0.3 is 4.90 Å². The van der Waals surface area contributed by atoms with Gasteiger partial charge in [-0.05, 0) is 35.9 Å². The van der Waals surface area contributed by atoms with E-state index in [2.05, 4.69) is 28.2 Å². The highest BCUT2D eigenvalue weighted by molar-refractivity contribution is 6.38. The molecule has 0 radical (unpaired) electrons. The van der Waals surface area contributed by atoms with Crippen LogP contribution >= 0.6 is 0 Å². The summed E-state index contributed by atoms with van der Waals surface area (Å²) in [5, 5.41) is 4.31. The van der Waals surface area contributed by atoms with Crippen LogP contribution in [0.1, 0.15) is 29.7 Å². The van der Waals surface area contributed by atoms with Gasteiger partial charge in [-0.15, -0.1) is 0 Å². The van der Waals surface area contributed by atoms with Crippen LogP contribution in [0, 0.1) is 0 Å². The summed E-state index contributed by atoms with van der Waals surface area (Å²) in [5.74, 6) is -0.752. The molecule has 3 aromatic rings. The molecule has 0 saturated heterocycles. The Balaban J connectivity index is 1.61. The maximum atomic E-state index is 13.0. The van der Waals surface area contributed by atoms with Crippen molar-refractivity contribution in [2.24, 2.45) is 4.99 Å². The summed E-state index contributed by atoms with van der Waals surface area (Å²) < 4.78 is 0. The number of nitrogens with one attached hydrogen (secondary N) is 1. The van der Waals surface area contributed by atoms with Gasteiger partial charge in [0.15, 0.2) is 0 Å². The maximum Gasteiger partial charge on any atom is 0.259 e. The van der Waals surface area contributed by atoms with E-state index in [1.807, 2.05) is 42.7 Å². The minimum absolute atomic E-state index is 0.323. The molecule has 3 aliphatic heterocycles. The van der Waals surface area contributed by atoms with E-state index < -0.39 is 6.04 Å². The van der Waals surface area contributed by atoms with Crippen LogP contribution in [0.25, 0.3) is 16.3 Å². The number of anilines is 1.